The summed E-state index contributed by atoms with van der Waals surface area (Å²) >= 11 is 1.43. The highest BCUT2D eigenvalue weighted by molar-refractivity contribution is 7.15. The maximum absolute atomic E-state index is 11.5. The summed E-state index contributed by atoms with van der Waals surface area (Å²) in [5.74, 6) is 0.611. The summed E-state index contributed by atoms with van der Waals surface area (Å²) in [6.07, 6.45) is 0. The van der Waals surface area contributed by atoms with Crippen LogP contribution in [-0.4, -0.2) is 10.2 Å². The van der Waals surface area contributed by atoms with Gasteiger partial charge >= 0.3 is 5.63 Å². The summed E-state index contributed by atoms with van der Waals surface area (Å²) in [4.78, 5) is 11.5. The van der Waals surface area contributed by atoms with Crippen molar-refractivity contribution in [1.29, 1.82) is 0 Å². The van der Waals surface area contributed by atoms with E-state index in [1.807, 2.05) is 50.2 Å². The second-order valence-electron chi connectivity index (χ2n) is 6.19. The van der Waals surface area contributed by atoms with Crippen LogP contribution in [0.4, 0.5) is 10.8 Å². The Labute approximate surface area is 159 Å². The van der Waals surface area contributed by atoms with Crippen LogP contribution in [0.2, 0.25) is 0 Å². The van der Waals surface area contributed by atoms with Crippen molar-refractivity contribution in [1.82, 2.24) is 10.2 Å². The molecule has 0 fully saturated rings. The Morgan fingerprint density at radius 1 is 1.07 bits per heavy atom. The van der Waals surface area contributed by atoms with E-state index in [9.17, 15) is 4.79 Å². The molecule has 0 amide bonds. The van der Waals surface area contributed by atoms with E-state index < -0.39 is 0 Å². The molecule has 0 radical (unpaired) electrons. The van der Waals surface area contributed by atoms with Crippen LogP contribution < -0.4 is 15.7 Å². The van der Waals surface area contributed by atoms with Crippen LogP contribution in [0.1, 0.15) is 16.1 Å². The minimum absolute atomic E-state index is 0.287. The highest BCUT2D eigenvalue weighted by atomic mass is 32.1. The molecular formula is C20H17N3O3S. The second-order valence-corrected chi connectivity index (χ2v) is 7.25. The molecule has 0 unspecified atom stereocenters. The van der Waals surface area contributed by atoms with E-state index in [-0.39, 0.29) is 12.2 Å². The number of rotatable bonds is 5. The molecule has 0 spiro atoms. The van der Waals surface area contributed by atoms with E-state index in [0.29, 0.717) is 16.5 Å². The summed E-state index contributed by atoms with van der Waals surface area (Å²) < 4.78 is 11.0. The maximum Gasteiger partial charge on any atom is 0.336 e. The zero-order chi connectivity index (χ0) is 18.8. The van der Waals surface area contributed by atoms with Gasteiger partial charge in [-0.1, -0.05) is 29.0 Å². The fraction of sp³-hybridized carbons (Fsp3) is 0.150. The van der Waals surface area contributed by atoms with Crippen LogP contribution in [0, 0.1) is 13.8 Å². The van der Waals surface area contributed by atoms with Gasteiger partial charge in [-0.3, -0.25) is 0 Å². The van der Waals surface area contributed by atoms with Crippen LogP contribution in [0.25, 0.3) is 11.0 Å². The average Bonchev–Trinajstić information content (AvgIpc) is 3.09. The minimum Gasteiger partial charge on any atom is -0.486 e. The second kappa shape index (κ2) is 7.20. The molecule has 2 aromatic heterocycles. The number of anilines is 2. The van der Waals surface area contributed by atoms with Gasteiger partial charge < -0.3 is 14.5 Å². The zero-order valence-corrected chi connectivity index (χ0v) is 15.7. The highest BCUT2D eigenvalue weighted by Gasteiger charge is 2.08. The molecule has 27 heavy (non-hydrogen) atoms. The predicted molar refractivity (Wildman–Crippen MR) is 106 cm³/mol. The van der Waals surface area contributed by atoms with Crippen molar-refractivity contribution >= 4 is 33.1 Å². The van der Waals surface area contributed by atoms with E-state index in [1.54, 1.807) is 6.07 Å². The first kappa shape index (κ1) is 17.2. The molecule has 6 nitrogen and oxygen atoms in total. The zero-order valence-electron chi connectivity index (χ0n) is 14.9. The smallest absolute Gasteiger partial charge is 0.336 e. The topological polar surface area (TPSA) is 77.3 Å². The molecule has 0 aliphatic heterocycles. The Hall–Kier alpha value is -3.19. The third-order valence-corrected chi connectivity index (χ3v) is 4.87. The van der Waals surface area contributed by atoms with E-state index in [4.69, 9.17) is 9.15 Å². The number of ether oxygens (including phenoxy) is 1. The van der Waals surface area contributed by atoms with Gasteiger partial charge in [0.1, 0.15) is 17.9 Å². The maximum atomic E-state index is 11.5. The SMILES string of the molecule is Cc1ccc(Nc2nnc(COc3ccc4c(C)cc(=O)oc4c3)s2)cc1. The Kier molecular flexibility index (Phi) is 4.60. The Morgan fingerprint density at radius 3 is 2.70 bits per heavy atom. The van der Waals surface area contributed by atoms with Crippen molar-refractivity contribution in [2.75, 3.05) is 5.32 Å². The number of nitrogens with zero attached hydrogens (tertiary/aromatic N) is 2. The van der Waals surface area contributed by atoms with Crippen LogP contribution >= 0.6 is 11.3 Å². The summed E-state index contributed by atoms with van der Waals surface area (Å²) in [5.41, 5.74) is 3.19. The molecule has 2 aromatic carbocycles. The Bertz CT molecular complexity index is 1150. The van der Waals surface area contributed by atoms with Gasteiger partial charge in [0.05, 0.1) is 0 Å². The van der Waals surface area contributed by atoms with Crippen molar-refractivity contribution in [3.8, 4) is 5.75 Å². The largest absolute Gasteiger partial charge is 0.486 e. The van der Waals surface area contributed by atoms with Crippen molar-refractivity contribution in [2.45, 2.75) is 20.5 Å². The van der Waals surface area contributed by atoms with Gasteiger partial charge in [-0.15, -0.1) is 10.2 Å². The van der Waals surface area contributed by atoms with Gasteiger partial charge in [-0.2, -0.15) is 0 Å². The molecule has 0 aliphatic carbocycles. The van der Waals surface area contributed by atoms with Gasteiger partial charge in [0, 0.05) is 23.2 Å². The van der Waals surface area contributed by atoms with Gasteiger partial charge in [0.25, 0.3) is 0 Å². The van der Waals surface area contributed by atoms with Gasteiger partial charge in [0.15, 0.2) is 5.01 Å². The lowest BCUT2D eigenvalue weighted by Gasteiger charge is -2.05. The van der Waals surface area contributed by atoms with Crippen LogP contribution in [-0.2, 0) is 6.61 Å². The van der Waals surface area contributed by atoms with Gasteiger partial charge in [-0.05, 0) is 43.7 Å². The van der Waals surface area contributed by atoms with E-state index >= 15 is 0 Å². The van der Waals surface area contributed by atoms with Crippen LogP contribution in [0.3, 0.4) is 0 Å². The lowest BCUT2D eigenvalue weighted by atomic mass is 10.1. The van der Waals surface area contributed by atoms with Gasteiger partial charge in [-0.25, -0.2) is 4.79 Å². The summed E-state index contributed by atoms with van der Waals surface area (Å²) in [5, 5.41) is 13.8. The molecule has 1 N–H and O–H groups in total. The van der Waals surface area contributed by atoms with Crippen molar-refractivity contribution in [3.63, 3.8) is 0 Å². The van der Waals surface area contributed by atoms with Crippen molar-refractivity contribution in [3.05, 3.63) is 75.1 Å². The molecular weight excluding hydrogens is 362 g/mol. The number of fused-ring (bicyclic) bond motifs is 1. The molecule has 0 bridgehead atoms. The summed E-state index contributed by atoms with van der Waals surface area (Å²) in [6, 6.07) is 15.0. The molecule has 0 saturated carbocycles. The van der Waals surface area contributed by atoms with E-state index in [2.05, 4.69) is 15.5 Å². The number of hydrogen-bond acceptors (Lipinski definition) is 7. The van der Waals surface area contributed by atoms with E-state index in [0.717, 1.165) is 21.6 Å². The van der Waals surface area contributed by atoms with Crippen molar-refractivity contribution < 1.29 is 9.15 Å². The monoisotopic (exact) mass is 379 g/mol. The highest BCUT2D eigenvalue weighted by Crippen LogP contribution is 2.25. The first-order valence-corrected chi connectivity index (χ1v) is 9.22. The quantitative estimate of drug-likeness (QED) is 0.511. The minimum atomic E-state index is -0.368. The predicted octanol–water partition coefficient (Wildman–Crippen LogP) is 4.58. The Balaban J connectivity index is 1.44. The molecule has 0 aliphatic rings. The lowest BCUT2D eigenvalue weighted by Crippen LogP contribution is -1.99. The third kappa shape index (κ3) is 3.98. The molecule has 0 atom stereocenters. The van der Waals surface area contributed by atoms with Crippen LogP contribution in [0.5, 0.6) is 5.75 Å². The summed E-state index contributed by atoms with van der Waals surface area (Å²) in [6.45, 7) is 4.21. The standard InChI is InChI=1S/C20H17N3O3S/c1-12-3-5-14(6-4-12)21-20-23-22-18(27-20)11-25-15-7-8-16-13(2)9-19(24)26-17(16)10-15/h3-10H,11H2,1-2H3,(H,21,23). The Morgan fingerprint density at radius 2 is 1.89 bits per heavy atom. The number of hydrogen-bond donors (Lipinski definition) is 1. The molecule has 4 aromatic rings. The number of benzene rings is 2. The normalized spacial score (nSPS) is 10.9. The fourth-order valence-electron chi connectivity index (χ4n) is 2.66. The van der Waals surface area contributed by atoms with E-state index in [1.165, 1.54) is 23.0 Å². The molecule has 7 heteroatoms. The first-order valence-electron chi connectivity index (χ1n) is 8.40. The van der Waals surface area contributed by atoms with Gasteiger partial charge in [0.2, 0.25) is 5.13 Å². The molecule has 2 heterocycles. The molecule has 136 valence electrons. The van der Waals surface area contributed by atoms with Crippen LogP contribution in [0.15, 0.2) is 57.7 Å². The average molecular weight is 379 g/mol. The van der Waals surface area contributed by atoms with Crippen molar-refractivity contribution in [2.24, 2.45) is 0 Å². The molecule has 0 saturated heterocycles. The first-order chi connectivity index (χ1) is 13.1. The number of aromatic nitrogens is 2. The number of aryl methyl sites for hydroxylation is 2. The summed E-state index contributed by atoms with van der Waals surface area (Å²) in [7, 11) is 0. The fourth-order valence-corrected chi connectivity index (χ4v) is 3.34. The lowest BCUT2D eigenvalue weighted by molar-refractivity contribution is 0.304. The molecule has 4 rings (SSSR count). The number of nitrogens with one attached hydrogen (secondary N) is 1. The third-order valence-electron chi connectivity index (χ3n) is 4.05.